The number of aromatic nitrogens is 2. The van der Waals surface area contributed by atoms with E-state index in [2.05, 4.69) is 31.2 Å². The third kappa shape index (κ3) is 4.69. The highest BCUT2D eigenvalue weighted by atomic mass is 79.9. The number of hydrogen-bond acceptors (Lipinski definition) is 9. The van der Waals surface area contributed by atoms with Gasteiger partial charge in [-0.25, -0.2) is 22.4 Å². The Morgan fingerprint density at radius 2 is 2.21 bits per heavy atom. The molecule has 1 aromatic carbocycles. The third-order valence-electron chi connectivity index (χ3n) is 3.77. The zero-order valence-corrected chi connectivity index (χ0v) is 17.3. The molecule has 10 nitrogen and oxygen atoms in total. The van der Waals surface area contributed by atoms with Gasteiger partial charge in [0.25, 0.3) is 0 Å². The van der Waals surface area contributed by atoms with Crippen molar-refractivity contribution in [3.05, 3.63) is 34.2 Å². The van der Waals surface area contributed by atoms with Crippen molar-refractivity contribution in [2.24, 2.45) is 4.99 Å². The van der Waals surface area contributed by atoms with Crippen molar-refractivity contribution < 1.29 is 27.8 Å². The molecule has 0 radical (unpaired) electrons. The lowest BCUT2D eigenvalue weighted by molar-refractivity contribution is 0.234. The van der Waals surface area contributed by atoms with Crippen LogP contribution in [0.3, 0.4) is 0 Å². The summed E-state index contributed by atoms with van der Waals surface area (Å²) in [5, 5.41) is 25.9. The van der Waals surface area contributed by atoms with Crippen LogP contribution < -0.4 is 5.48 Å². The summed E-state index contributed by atoms with van der Waals surface area (Å²) in [6.07, 6.45) is 0. The fraction of sp³-hybridized carbons (Fsp3) is 0.357. The van der Waals surface area contributed by atoms with Crippen LogP contribution in [0, 0.1) is 5.82 Å². The average Bonchev–Trinajstić information content (AvgIpc) is 3.06. The molecular weight excluding hydrogens is 481 g/mol. The molecule has 0 aliphatic carbocycles. The number of hydrogen-bond donors (Lipinski definition) is 3. The maximum absolute atomic E-state index is 13.3. The molecule has 0 saturated carbocycles. The topological polar surface area (TPSA) is 141 Å². The van der Waals surface area contributed by atoms with Crippen molar-refractivity contribution in [3.8, 4) is 0 Å². The van der Waals surface area contributed by atoms with Crippen molar-refractivity contribution in [2.75, 3.05) is 25.4 Å². The van der Waals surface area contributed by atoms with Gasteiger partial charge in [0, 0.05) is 18.3 Å². The second-order valence-electron chi connectivity index (χ2n) is 5.69. The number of nitrogens with one attached hydrogen (secondary N) is 1. The molecule has 0 amide bonds. The Morgan fingerprint density at radius 3 is 2.86 bits per heavy atom. The number of aliphatic hydroxyl groups excluding tert-OH is 1. The predicted molar refractivity (Wildman–Crippen MR) is 102 cm³/mol. The molecule has 0 spiro atoms. The lowest BCUT2D eigenvalue weighted by Gasteiger charge is -2.36. The van der Waals surface area contributed by atoms with Gasteiger partial charge in [-0.05, 0) is 44.4 Å². The van der Waals surface area contributed by atoms with Crippen LogP contribution in [0.1, 0.15) is 5.69 Å². The highest BCUT2D eigenvalue weighted by molar-refractivity contribution is 9.10. The van der Waals surface area contributed by atoms with E-state index in [1.54, 1.807) is 0 Å². The maximum Gasteiger partial charge on any atom is 0.216 e. The Kier molecular flexibility index (Phi) is 6.67. The van der Waals surface area contributed by atoms with Crippen LogP contribution in [0.4, 0.5) is 10.1 Å². The van der Waals surface area contributed by atoms with Crippen LogP contribution in [0.15, 0.2) is 37.3 Å². The number of aliphatic hydroxyl groups is 1. The SMILES string of the molecule is O=S(=O)(CCO)N1CC(Sc2nonc2C(=Nc2ccc(F)c(Br)c2)NO)C1. The van der Waals surface area contributed by atoms with Crippen LogP contribution in [0.2, 0.25) is 0 Å². The molecule has 3 rings (SSSR count). The summed E-state index contributed by atoms with van der Waals surface area (Å²) in [5.41, 5.74) is 2.39. The van der Waals surface area contributed by atoms with E-state index in [0.717, 1.165) is 0 Å². The minimum Gasteiger partial charge on any atom is -0.395 e. The predicted octanol–water partition coefficient (Wildman–Crippen LogP) is 1.13. The molecule has 1 fully saturated rings. The third-order valence-corrected chi connectivity index (χ3v) is 7.28. The van der Waals surface area contributed by atoms with Crippen molar-refractivity contribution in [3.63, 3.8) is 0 Å². The second kappa shape index (κ2) is 8.84. The van der Waals surface area contributed by atoms with Gasteiger partial charge in [-0.1, -0.05) is 11.8 Å². The zero-order chi connectivity index (χ0) is 20.3. The van der Waals surface area contributed by atoms with E-state index in [9.17, 15) is 18.0 Å². The van der Waals surface area contributed by atoms with Crippen molar-refractivity contribution in [1.29, 1.82) is 0 Å². The maximum atomic E-state index is 13.3. The highest BCUT2D eigenvalue weighted by Crippen LogP contribution is 2.32. The number of hydroxylamine groups is 1. The normalized spacial score (nSPS) is 16.2. The molecule has 0 atom stereocenters. The second-order valence-corrected chi connectivity index (χ2v) is 9.92. The number of benzene rings is 1. The number of amidine groups is 1. The standard InChI is InChI=1S/C14H15BrFN5O5S2/c15-10-5-8(1-2-11(10)16)17-13(18-23)12-14(20-26-19-12)27-9-6-21(7-9)28(24,25)4-3-22/h1-2,5,9,22-23H,3-4,6-7H2,(H,17,18). The van der Waals surface area contributed by atoms with Gasteiger partial charge < -0.3 is 5.11 Å². The van der Waals surface area contributed by atoms with Crippen molar-refractivity contribution in [1.82, 2.24) is 20.1 Å². The number of rotatable bonds is 7. The van der Waals surface area contributed by atoms with Gasteiger partial charge in [-0.15, -0.1) is 0 Å². The van der Waals surface area contributed by atoms with Gasteiger partial charge in [-0.3, -0.25) is 10.7 Å². The molecular formula is C14H15BrFN5O5S2. The molecule has 152 valence electrons. The largest absolute Gasteiger partial charge is 0.395 e. The molecule has 1 aliphatic heterocycles. The molecule has 2 heterocycles. The van der Waals surface area contributed by atoms with E-state index in [1.165, 1.54) is 34.3 Å². The van der Waals surface area contributed by atoms with Crippen LogP contribution in [-0.4, -0.2) is 69.9 Å². The summed E-state index contributed by atoms with van der Waals surface area (Å²) in [7, 11) is -3.47. The number of sulfonamides is 1. The smallest absolute Gasteiger partial charge is 0.216 e. The molecule has 2 aromatic rings. The Hall–Kier alpha value is -1.58. The lowest BCUT2D eigenvalue weighted by atomic mass is 10.3. The van der Waals surface area contributed by atoms with Gasteiger partial charge in [0.1, 0.15) is 5.82 Å². The summed E-state index contributed by atoms with van der Waals surface area (Å²) in [4.78, 5) is 4.16. The Morgan fingerprint density at radius 1 is 1.46 bits per heavy atom. The Balaban J connectivity index is 1.72. The zero-order valence-electron chi connectivity index (χ0n) is 14.1. The van der Waals surface area contributed by atoms with Crippen molar-refractivity contribution >= 4 is 49.2 Å². The minimum absolute atomic E-state index is 0.0636. The number of halogens is 2. The van der Waals surface area contributed by atoms with Crippen LogP contribution in [0.25, 0.3) is 0 Å². The molecule has 1 aliphatic rings. The van der Waals surface area contributed by atoms with Gasteiger partial charge in [0.05, 0.1) is 22.5 Å². The van der Waals surface area contributed by atoms with Crippen LogP contribution in [-0.2, 0) is 10.0 Å². The van der Waals surface area contributed by atoms with Gasteiger partial charge in [0.2, 0.25) is 10.0 Å². The summed E-state index contributed by atoms with van der Waals surface area (Å²) >= 11 is 4.28. The van der Waals surface area contributed by atoms with E-state index in [-0.39, 0.29) is 40.1 Å². The minimum atomic E-state index is -3.47. The first-order chi connectivity index (χ1) is 13.3. The van der Waals surface area contributed by atoms with Crippen LogP contribution in [0.5, 0.6) is 0 Å². The fourth-order valence-electron chi connectivity index (χ4n) is 2.32. The first kappa shape index (κ1) is 21.1. The molecule has 1 saturated heterocycles. The Labute approximate surface area is 171 Å². The summed E-state index contributed by atoms with van der Waals surface area (Å²) in [5.74, 6) is -0.839. The molecule has 0 unspecified atom stereocenters. The van der Waals surface area contributed by atoms with E-state index in [0.29, 0.717) is 10.7 Å². The number of thioether (sulfide) groups is 1. The average molecular weight is 496 g/mol. The molecule has 3 N–H and O–H groups in total. The van der Waals surface area contributed by atoms with E-state index in [4.69, 9.17) is 9.74 Å². The molecule has 28 heavy (non-hydrogen) atoms. The fourth-order valence-corrected chi connectivity index (χ4v) is 5.33. The summed E-state index contributed by atoms with van der Waals surface area (Å²) < 4.78 is 43.3. The summed E-state index contributed by atoms with van der Waals surface area (Å²) in [6, 6.07) is 4.04. The van der Waals surface area contributed by atoms with E-state index in [1.807, 2.05) is 5.48 Å². The molecule has 1 aromatic heterocycles. The lowest BCUT2D eigenvalue weighted by Crippen LogP contribution is -2.52. The first-order valence-corrected chi connectivity index (χ1v) is 11.1. The molecule has 0 bridgehead atoms. The van der Waals surface area contributed by atoms with Crippen LogP contribution >= 0.6 is 27.7 Å². The van der Waals surface area contributed by atoms with Gasteiger partial charge in [0.15, 0.2) is 16.6 Å². The molecule has 14 heteroatoms. The Bertz CT molecular complexity index is 980. The van der Waals surface area contributed by atoms with E-state index < -0.39 is 22.4 Å². The quantitative estimate of drug-likeness (QED) is 0.292. The summed E-state index contributed by atoms with van der Waals surface area (Å²) in [6.45, 7) is 0.0714. The van der Waals surface area contributed by atoms with Crippen molar-refractivity contribution in [2.45, 2.75) is 10.3 Å². The monoisotopic (exact) mass is 495 g/mol. The van der Waals surface area contributed by atoms with Gasteiger partial charge in [-0.2, -0.15) is 4.31 Å². The number of aliphatic imine (C=N–C) groups is 1. The number of nitrogens with zero attached hydrogens (tertiary/aromatic N) is 4. The van der Waals surface area contributed by atoms with E-state index >= 15 is 0 Å². The first-order valence-electron chi connectivity index (χ1n) is 7.86. The van der Waals surface area contributed by atoms with Gasteiger partial charge >= 0.3 is 0 Å². The highest BCUT2D eigenvalue weighted by Gasteiger charge is 2.37.